The van der Waals surface area contributed by atoms with Crippen molar-refractivity contribution in [2.75, 3.05) is 0 Å². The van der Waals surface area contributed by atoms with Crippen LogP contribution < -0.4 is 4.72 Å². The first-order valence-electron chi connectivity index (χ1n) is 7.32. The molecule has 2 saturated carbocycles. The third kappa shape index (κ3) is 2.21. The number of fused-ring (bicyclic) bond motifs is 3. The number of sulfonamides is 1. The highest BCUT2D eigenvalue weighted by Gasteiger charge is 2.44. The van der Waals surface area contributed by atoms with Crippen molar-refractivity contribution < 1.29 is 13.2 Å². The minimum atomic E-state index is -3.91. The van der Waals surface area contributed by atoms with E-state index < -0.39 is 10.0 Å². The molecule has 0 saturated heterocycles. The van der Waals surface area contributed by atoms with Crippen molar-refractivity contribution in [1.82, 2.24) is 13.5 Å². The molecule has 2 bridgehead atoms. The van der Waals surface area contributed by atoms with E-state index in [2.05, 4.69) is 13.5 Å². The highest BCUT2D eigenvalue weighted by molar-refractivity contribution is 7.90. The van der Waals surface area contributed by atoms with Crippen molar-refractivity contribution in [2.24, 2.45) is 17.8 Å². The Bertz CT molecular complexity index is 846. The molecule has 22 heavy (non-hydrogen) atoms. The minimum absolute atomic E-state index is 0.0234. The van der Waals surface area contributed by atoms with Gasteiger partial charge in [-0.15, -0.1) is 0 Å². The van der Waals surface area contributed by atoms with Crippen LogP contribution in [0.4, 0.5) is 0 Å². The van der Waals surface area contributed by atoms with E-state index in [1.165, 1.54) is 12.5 Å². The van der Waals surface area contributed by atoms with Crippen LogP contribution in [0, 0.1) is 17.8 Å². The van der Waals surface area contributed by atoms with E-state index in [0.717, 1.165) is 31.0 Å². The third-order valence-corrected chi connectivity index (χ3v) is 6.77. The Kier molecular flexibility index (Phi) is 3.19. The summed E-state index contributed by atoms with van der Waals surface area (Å²) in [6, 6.07) is 4.77. The number of rotatable bonds is 3. The molecule has 2 aliphatic rings. The second-order valence-corrected chi connectivity index (χ2v) is 8.32. The maximum atomic E-state index is 12.5. The molecule has 6 nitrogen and oxygen atoms in total. The standard InChI is InChI=1S/C14H15N3O3S2/c18-14(10-7-8-4-5-9(10)6-8)17-22(19,20)12-3-1-2-11-13(12)16-21-15-11/h1-3,8-10H,4-7H2,(H,17,18)/t8-,9-,10-/m0/s1. The largest absolute Gasteiger partial charge is 0.274 e. The smallest absolute Gasteiger partial charge is 0.266 e. The van der Waals surface area contributed by atoms with Crippen molar-refractivity contribution in [3.05, 3.63) is 18.2 Å². The second kappa shape index (κ2) is 4.99. The molecule has 0 spiro atoms. The quantitative estimate of drug-likeness (QED) is 0.924. The summed E-state index contributed by atoms with van der Waals surface area (Å²) in [5.41, 5.74) is 0.848. The molecular weight excluding hydrogens is 322 g/mol. The minimum Gasteiger partial charge on any atom is -0.274 e. The summed E-state index contributed by atoms with van der Waals surface area (Å²) in [7, 11) is -3.91. The zero-order valence-electron chi connectivity index (χ0n) is 11.7. The first-order valence-corrected chi connectivity index (χ1v) is 9.54. The molecular formula is C14H15N3O3S2. The van der Waals surface area contributed by atoms with Gasteiger partial charge in [0.05, 0.1) is 11.7 Å². The zero-order valence-corrected chi connectivity index (χ0v) is 13.4. The number of carbonyl (C=O) groups is 1. The number of hydrogen-bond acceptors (Lipinski definition) is 6. The van der Waals surface area contributed by atoms with Crippen molar-refractivity contribution in [3.63, 3.8) is 0 Å². The van der Waals surface area contributed by atoms with Crippen LogP contribution in [0.2, 0.25) is 0 Å². The van der Waals surface area contributed by atoms with Crippen molar-refractivity contribution >= 4 is 38.7 Å². The van der Waals surface area contributed by atoms with Gasteiger partial charge in [-0.25, -0.2) is 13.1 Å². The van der Waals surface area contributed by atoms with Crippen LogP contribution in [-0.4, -0.2) is 23.1 Å². The lowest BCUT2D eigenvalue weighted by Gasteiger charge is -2.20. The summed E-state index contributed by atoms with van der Waals surface area (Å²) in [4.78, 5) is 12.4. The van der Waals surface area contributed by atoms with E-state index in [9.17, 15) is 13.2 Å². The van der Waals surface area contributed by atoms with Crippen molar-refractivity contribution in [1.29, 1.82) is 0 Å². The van der Waals surface area contributed by atoms with Crippen molar-refractivity contribution in [3.8, 4) is 0 Å². The van der Waals surface area contributed by atoms with Gasteiger partial charge in [-0.05, 0) is 43.2 Å². The normalized spacial score (nSPS) is 27.4. The number of nitrogens with one attached hydrogen (secondary N) is 1. The monoisotopic (exact) mass is 337 g/mol. The fourth-order valence-electron chi connectivity index (χ4n) is 3.83. The highest BCUT2D eigenvalue weighted by Crippen LogP contribution is 2.48. The Labute approximate surface area is 132 Å². The van der Waals surface area contributed by atoms with Crippen LogP contribution in [0.1, 0.15) is 25.7 Å². The second-order valence-electron chi connectivity index (χ2n) is 6.14. The maximum Gasteiger partial charge on any atom is 0.266 e. The molecule has 1 N–H and O–H groups in total. The molecule has 1 aromatic heterocycles. The first-order chi connectivity index (χ1) is 10.5. The fourth-order valence-corrected chi connectivity index (χ4v) is 5.62. The Morgan fingerprint density at radius 1 is 1.23 bits per heavy atom. The summed E-state index contributed by atoms with van der Waals surface area (Å²) < 4.78 is 35.4. The summed E-state index contributed by atoms with van der Waals surface area (Å²) in [5.74, 6) is 0.403. The van der Waals surface area contributed by atoms with E-state index >= 15 is 0 Å². The number of aromatic nitrogens is 2. The molecule has 2 aliphatic carbocycles. The Balaban J connectivity index is 1.61. The summed E-state index contributed by atoms with van der Waals surface area (Å²) in [6.07, 6.45) is 4.08. The maximum absolute atomic E-state index is 12.5. The lowest BCUT2D eigenvalue weighted by Crippen LogP contribution is -2.37. The summed E-state index contributed by atoms with van der Waals surface area (Å²) in [6.45, 7) is 0. The lowest BCUT2D eigenvalue weighted by molar-refractivity contribution is -0.124. The molecule has 2 aromatic rings. The Morgan fingerprint density at radius 2 is 2.09 bits per heavy atom. The van der Waals surface area contributed by atoms with Gasteiger partial charge < -0.3 is 0 Å². The van der Waals surface area contributed by atoms with Crippen LogP contribution >= 0.6 is 11.7 Å². The molecule has 0 aliphatic heterocycles. The Hall–Kier alpha value is -1.54. The van der Waals surface area contributed by atoms with E-state index in [4.69, 9.17) is 0 Å². The van der Waals surface area contributed by atoms with E-state index in [1.807, 2.05) is 0 Å². The van der Waals surface area contributed by atoms with Gasteiger partial charge >= 0.3 is 0 Å². The average molecular weight is 337 g/mol. The predicted octanol–water partition coefficient (Wildman–Crippen LogP) is 1.93. The third-order valence-electron chi connectivity index (χ3n) is 4.85. The van der Waals surface area contributed by atoms with Gasteiger partial charge in [-0.3, -0.25) is 4.79 Å². The van der Waals surface area contributed by atoms with Crippen LogP contribution in [-0.2, 0) is 14.8 Å². The molecule has 4 rings (SSSR count). The SMILES string of the molecule is O=C(NS(=O)(=O)c1cccc2nsnc12)[C@H]1C[C@H]2CC[C@H]1C2. The molecule has 0 unspecified atom stereocenters. The van der Waals surface area contributed by atoms with E-state index in [-0.39, 0.29) is 16.7 Å². The molecule has 1 heterocycles. The van der Waals surface area contributed by atoms with Gasteiger partial charge in [0.25, 0.3) is 10.0 Å². The van der Waals surface area contributed by atoms with Gasteiger partial charge in [-0.1, -0.05) is 12.5 Å². The molecule has 2 fully saturated rings. The average Bonchev–Trinajstić information content (AvgIpc) is 3.21. The van der Waals surface area contributed by atoms with Crippen LogP contribution in [0.25, 0.3) is 11.0 Å². The lowest BCUT2D eigenvalue weighted by atomic mass is 9.88. The predicted molar refractivity (Wildman–Crippen MR) is 81.7 cm³/mol. The van der Waals surface area contributed by atoms with Gasteiger partial charge in [0.2, 0.25) is 5.91 Å². The van der Waals surface area contributed by atoms with Gasteiger partial charge in [0.15, 0.2) is 0 Å². The summed E-state index contributed by atoms with van der Waals surface area (Å²) >= 11 is 0.960. The number of hydrogen-bond donors (Lipinski definition) is 1. The first kappa shape index (κ1) is 14.1. The van der Waals surface area contributed by atoms with Crippen molar-refractivity contribution in [2.45, 2.75) is 30.6 Å². The number of benzene rings is 1. The molecule has 116 valence electrons. The molecule has 8 heteroatoms. The topological polar surface area (TPSA) is 89.0 Å². The molecule has 1 amide bonds. The Morgan fingerprint density at radius 3 is 2.82 bits per heavy atom. The highest BCUT2D eigenvalue weighted by atomic mass is 32.2. The number of nitrogens with zero attached hydrogens (tertiary/aromatic N) is 2. The van der Waals surface area contributed by atoms with Crippen LogP contribution in [0.5, 0.6) is 0 Å². The fraction of sp³-hybridized carbons (Fsp3) is 0.500. The van der Waals surface area contributed by atoms with Crippen LogP contribution in [0.3, 0.4) is 0 Å². The van der Waals surface area contributed by atoms with E-state index in [0.29, 0.717) is 22.9 Å². The molecule has 1 aromatic carbocycles. The number of amides is 1. The molecule has 3 atom stereocenters. The zero-order chi connectivity index (χ0) is 15.3. The van der Waals surface area contributed by atoms with Gasteiger partial charge in [0, 0.05) is 5.92 Å². The van der Waals surface area contributed by atoms with E-state index in [1.54, 1.807) is 12.1 Å². The van der Waals surface area contributed by atoms with Gasteiger partial charge in [0.1, 0.15) is 15.9 Å². The molecule has 0 radical (unpaired) electrons. The number of carbonyl (C=O) groups excluding carboxylic acids is 1. The van der Waals surface area contributed by atoms with Gasteiger partial charge in [-0.2, -0.15) is 8.75 Å². The van der Waals surface area contributed by atoms with Crippen LogP contribution in [0.15, 0.2) is 23.1 Å². The summed E-state index contributed by atoms with van der Waals surface area (Å²) in [5, 5.41) is 0.